The fourth-order valence-electron chi connectivity index (χ4n) is 1.34. The average Bonchev–Trinajstić information content (AvgIpc) is 2.39. The van der Waals surface area contributed by atoms with Gasteiger partial charge in [0.15, 0.2) is 0 Å². The normalized spacial score (nSPS) is 9.83. The van der Waals surface area contributed by atoms with E-state index in [0.717, 1.165) is 11.5 Å². The molecule has 0 saturated carbocycles. The molecule has 1 aromatic rings. The smallest absolute Gasteiger partial charge is 0.126 e. The number of hydrogen-bond donors (Lipinski definition) is 2. The Morgan fingerprint density at radius 2 is 2.33 bits per heavy atom. The van der Waals surface area contributed by atoms with E-state index in [4.69, 9.17) is 15.4 Å². The summed E-state index contributed by atoms with van der Waals surface area (Å²) in [5.41, 5.74) is 8.91. The van der Waals surface area contributed by atoms with Crippen molar-refractivity contribution in [2.75, 3.05) is 38.2 Å². The summed E-state index contributed by atoms with van der Waals surface area (Å²) in [6.45, 7) is 2.02. The summed E-state index contributed by atoms with van der Waals surface area (Å²) in [5, 5.41) is 15.3. The highest BCUT2D eigenvalue weighted by molar-refractivity contribution is 5.35. The van der Waals surface area contributed by atoms with Crippen LogP contribution in [0.1, 0.15) is 5.69 Å². The van der Waals surface area contributed by atoms with Crippen LogP contribution in [-0.2, 0) is 11.2 Å². The van der Waals surface area contributed by atoms with Gasteiger partial charge in [0.2, 0.25) is 0 Å². The lowest BCUT2D eigenvalue weighted by atomic mass is 10.3. The lowest BCUT2D eigenvalue weighted by Gasteiger charge is -2.07. The predicted molar refractivity (Wildman–Crippen MR) is 68.3 cm³/mol. The van der Waals surface area contributed by atoms with Crippen LogP contribution in [0, 0.1) is 0 Å². The lowest BCUT2D eigenvalue weighted by molar-refractivity contribution is 0.151. The molecule has 98 valence electrons. The van der Waals surface area contributed by atoms with E-state index in [-0.39, 0.29) is 6.61 Å². The minimum atomic E-state index is 0.0962. The van der Waals surface area contributed by atoms with E-state index in [1.165, 1.54) is 0 Å². The lowest BCUT2D eigenvalue weighted by Crippen LogP contribution is -2.12. The van der Waals surface area contributed by atoms with E-state index in [2.05, 4.69) is 20.3 Å². The summed E-state index contributed by atoms with van der Waals surface area (Å²) in [5.74, 6) is 0.764. The Kier molecular flexibility index (Phi) is 7.31. The maximum Gasteiger partial charge on any atom is 0.126 e. The minimum absolute atomic E-state index is 0.0962. The first-order chi connectivity index (χ1) is 8.86. The van der Waals surface area contributed by atoms with Crippen LogP contribution < -0.4 is 5.32 Å². The zero-order chi connectivity index (χ0) is 13.1. The van der Waals surface area contributed by atoms with E-state index >= 15 is 0 Å². The number of ether oxygens (including phenoxy) is 1. The second kappa shape index (κ2) is 9.23. The molecule has 0 spiro atoms. The molecule has 7 nitrogen and oxygen atoms in total. The largest absolute Gasteiger partial charge is 0.396 e. The van der Waals surface area contributed by atoms with Crippen LogP contribution in [0.15, 0.2) is 23.3 Å². The third-order valence-electron chi connectivity index (χ3n) is 2.13. The molecular weight excluding hydrogens is 234 g/mol. The van der Waals surface area contributed by atoms with Gasteiger partial charge in [-0.2, -0.15) is 0 Å². The average molecular weight is 251 g/mol. The monoisotopic (exact) mass is 251 g/mol. The molecule has 0 atom stereocenters. The maximum atomic E-state index is 8.81. The molecule has 2 N–H and O–H groups in total. The highest BCUT2D eigenvalue weighted by atomic mass is 16.5. The van der Waals surface area contributed by atoms with Gasteiger partial charge in [0.1, 0.15) is 5.82 Å². The van der Waals surface area contributed by atoms with E-state index in [9.17, 15) is 0 Å². The van der Waals surface area contributed by atoms with Gasteiger partial charge in [0.25, 0.3) is 0 Å². The summed E-state index contributed by atoms with van der Waals surface area (Å²) >= 11 is 0. The molecule has 0 fully saturated rings. The molecule has 0 amide bonds. The Bertz CT molecular complexity index is 393. The van der Waals surface area contributed by atoms with E-state index in [1.54, 1.807) is 0 Å². The van der Waals surface area contributed by atoms with Crippen molar-refractivity contribution in [3.05, 3.63) is 34.3 Å². The number of nitrogens with one attached hydrogen (secondary N) is 1. The van der Waals surface area contributed by atoms with Crippen LogP contribution in [-0.4, -0.2) is 43.0 Å². The quantitative estimate of drug-likeness (QED) is 0.299. The molecule has 0 unspecified atom stereocenters. The van der Waals surface area contributed by atoms with Crippen molar-refractivity contribution in [2.24, 2.45) is 5.11 Å². The van der Waals surface area contributed by atoms with Gasteiger partial charge in [0.05, 0.1) is 13.2 Å². The van der Waals surface area contributed by atoms with E-state index in [0.29, 0.717) is 32.7 Å². The highest BCUT2D eigenvalue weighted by Gasteiger charge is 1.96. The van der Waals surface area contributed by atoms with E-state index in [1.807, 2.05) is 18.2 Å². The van der Waals surface area contributed by atoms with Gasteiger partial charge in [-0.05, 0) is 17.7 Å². The van der Waals surface area contributed by atoms with Crippen LogP contribution in [0.2, 0.25) is 0 Å². The van der Waals surface area contributed by atoms with Crippen LogP contribution in [0.3, 0.4) is 0 Å². The Balaban J connectivity index is 2.18. The number of azide groups is 1. The zero-order valence-corrected chi connectivity index (χ0v) is 10.1. The summed E-state index contributed by atoms with van der Waals surface area (Å²) in [6.07, 6.45) is 0.554. The molecule has 1 aromatic heterocycles. The first-order valence-corrected chi connectivity index (χ1v) is 5.76. The van der Waals surface area contributed by atoms with Crippen LogP contribution in [0.25, 0.3) is 10.4 Å². The second-order valence-electron chi connectivity index (χ2n) is 3.48. The first-order valence-electron chi connectivity index (χ1n) is 5.76. The molecular formula is C11H17N5O2. The summed E-state index contributed by atoms with van der Waals surface area (Å²) in [6, 6.07) is 5.63. The molecule has 0 saturated heterocycles. The van der Waals surface area contributed by atoms with Crippen molar-refractivity contribution in [1.82, 2.24) is 4.98 Å². The Labute approximate surface area is 105 Å². The number of hydrogen-bond acceptors (Lipinski definition) is 5. The minimum Gasteiger partial charge on any atom is -0.396 e. The molecule has 0 aliphatic carbocycles. The molecule has 0 aliphatic heterocycles. The van der Waals surface area contributed by atoms with Gasteiger partial charge in [0, 0.05) is 36.7 Å². The molecule has 1 heterocycles. The van der Waals surface area contributed by atoms with Gasteiger partial charge in [-0.15, -0.1) is 0 Å². The fraction of sp³-hybridized carbons (Fsp3) is 0.545. The van der Waals surface area contributed by atoms with Gasteiger partial charge < -0.3 is 15.2 Å². The van der Waals surface area contributed by atoms with Crippen molar-refractivity contribution in [2.45, 2.75) is 6.42 Å². The number of anilines is 1. The number of pyridine rings is 1. The van der Waals surface area contributed by atoms with Crippen molar-refractivity contribution >= 4 is 5.82 Å². The number of nitrogens with zero attached hydrogens (tertiary/aromatic N) is 4. The van der Waals surface area contributed by atoms with Gasteiger partial charge in [-0.1, -0.05) is 11.2 Å². The highest BCUT2D eigenvalue weighted by Crippen LogP contribution is 2.04. The second-order valence-corrected chi connectivity index (χ2v) is 3.48. The molecule has 0 bridgehead atoms. The Morgan fingerprint density at radius 1 is 1.44 bits per heavy atom. The van der Waals surface area contributed by atoms with Crippen LogP contribution in [0.5, 0.6) is 0 Å². The van der Waals surface area contributed by atoms with Gasteiger partial charge in [-0.25, -0.2) is 4.98 Å². The first kappa shape index (κ1) is 14.2. The van der Waals surface area contributed by atoms with Crippen LogP contribution in [0.4, 0.5) is 5.82 Å². The van der Waals surface area contributed by atoms with E-state index < -0.39 is 0 Å². The SMILES string of the molecule is [N-]=[N+]=NCCOCCNc1cccc(CCO)n1. The summed E-state index contributed by atoms with van der Waals surface area (Å²) < 4.78 is 5.24. The third-order valence-corrected chi connectivity index (χ3v) is 2.13. The Morgan fingerprint density at radius 3 is 3.11 bits per heavy atom. The standard InChI is InChI=1S/C11H17N5O2/c12-16-14-6-9-18-8-5-13-11-3-1-2-10(15-11)4-7-17/h1-3,17H,4-9H2,(H,13,15). The maximum absolute atomic E-state index is 8.81. The fourth-order valence-corrected chi connectivity index (χ4v) is 1.34. The van der Waals surface area contributed by atoms with Crippen molar-refractivity contribution < 1.29 is 9.84 Å². The van der Waals surface area contributed by atoms with Crippen LogP contribution >= 0.6 is 0 Å². The molecule has 0 aliphatic rings. The van der Waals surface area contributed by atoms with Crippen molar-refractivity contribution in [3.63, 3.8) is 0 Å². The number of rotatable bonds is 9. The Hall–Kier alpha value is -1.82. The number of aromatic nitrogens is 1. The van der Waals surface area contributed by atoms with Crippen molar-refractivity contribution in [1.29, 1.82) is 0 Å². The number of aliphatic hydroxyl groups is 1. The summed E-state index contributed by atoms with van der Waals surface area (Å²) in [4.78, 5) is 6.94. The van der Waals surface area contributed by atoms with Gasteiger partial charge >= 0.3 is 0 Å². The summed E-state index contributed by atoms with van der Waals surface area (Å²) in [7, 11) is 0. The molecule has 7 heteroatoms. The number of aliphatic hydroxyl groups excluding tert-OH is 1. The van der Waals surface area contributed by atoms with Crippen molar-refractivity contribution in [3.8, 4) is 0 Å². The molecule has 0 aromatic carbocycles. The molecule has 18 heavy (non-hydrogen) atoms. The topological polar surface area (TPSA) is 103 Å². The molecule has 1 rings (SSSR count). The zero-order valence-electron chi connectivity index (χ0n) is 10.1. The third kappa shape index (κ3) is 6.05. The van der Waals surface area contributed by atoms with Gasteiger partial charge in [-0.3, -0.25) is 0 Å². The predicted octanol–water partition coefficient (Wildman–Crippen LogP) is 1.36. The molecule has 0 radical (unpaired) electrons.